The molecule has 0 saturated carbocycles. The quantitative estimate of drug-likeness (QED) is 0.149. The van der Waals surface area contributed by atoms with Crippen LogP contribution in [0.4, 0.5) is 17.1 Å². The number of nitrogens with zero attached hydrogens (tertiary/aromatic N) is 2. The molecule has 3 nitrogen and oxygen atoms in total. The molecule has 0 aliphatic carbocycles. The Morgan fingerprint density at radius 1 is 0.304 bits per heavy atom. The summed E-state index contributed by atoms with van der Waals surface area (Å²) in [4.78, 5) is 2.43. The predicted molar refractivity (Wildman–Crippen MR) is 292 cm³/mol. The van der Waals surface area contributed by atoms with Gasteiger partial charge in [-0.1, -0.05) is 206 Å². The Balaban J connectivity index is 0.936. The fourth-order valence-corrected chi connectivity index (χ4v) is 11.0. The Kier molecular flexibility index (Phi) is 8.90. The third-order valence-electron chi connectivity index (χ3n) is 14.1. The zero-order valence-corrected chi connectivity index (χ0v) is 37.6. The van der Waals surface area contributed by atoms with Crippen LogP contribution in [0.5, 0.6) is 0 Å². The van der Waals surface area contributed by atoms with Gasteiger partial charge in [0, 0.05) is 60.5 Å². The summed E-state index contributed by atoms with van der Waals surface area (Å²) in [5.74, 6) is 0. The van der Waals surface area contributed by atoms with Crippen molar-refractivity contribution in [3.05, 3.63) is 255 Å². The summed E-state index contributed by atoms with van der Waals surface area (Å²) in [5.41, 5.74) is 15.3. The second-order valence-electron chi connectivity index (χ2n) is 18.0. The second kappa shape index (κ2) is 15.7. The standard InChI is InChI=1S/C66H42N2O/c1-3-16-44(17-4-1)54-28-14-30-60-61-31-15-29-55(66(61)69-65(54)60)47-20-13-23-51(40-47)67(62-42-48-19-8-9-24-52(48)56-26-11-12-27-57(56)62)50-36-32-43(33-37-50)46-35-38-58-59-39-34-45-18-7-10-25-53(45)64(59)68(63(58)41-46)49-21-5-2-6-22-49/h1-42H. The van der Waals surface area contributed by atoms with E-state index in [-0.39, 0.29) is 0 Å². The van der Waals surface area contributed by atoms with Crippen LogP contribution in [0.1, 0.15) is 0 Å². The SMILES string of the molecule is c1ccc(-c2cccc3c2oc2c(-c4cccc(N(c5ccc(-c6ccc7c8ccc9ccccc9c8n(-c8ccccc8)c7c6)cc5)c5cc6ccccc6c6ccccc56)c4)cccc23)cc1. The predicted octanol–water partition coefficient (Wildman–Crippen LogP) is 18.6. The van der Waals surface area contributed by atoms with Crippen molar-refractivity contribution in [3.8, 4) is 39.1 Å². The van der Waals surface area contributed by atoms with Crippen molar-refractivity contribution < 1.29 is 4.42 Å². The summed E-state index contributed by atoms with van der Waals surface area (Å²) in [6.45, 7) is 0. The minimum absolute atomic E-state index is 0.886. The van der Waals surface area contributed by atoms with Gasteiger partial charge in [-0.15, -0.1) is 0 Å². The van der Waals surface area contributed by atoms with Crippen LogP contribution in [0.3, 0.4) is 0 Å². The van der Waals surface area contributed by atoms with E-state index in [1.54, 1.807) is 0 Å². The third kappa shape index (κ3) is 6.29. The number of benzene rings is 12. The highest BCUT2D eigenvalue weighted by atomic mass is 16.3. The molecule has 2 heterocycles. The molecule has 322 valence electrons. The van der Waals surface area contributed by atoms with Gasteiger partial charge in [0.1, 0.15) is 11.2 Å². The molecule has 0 N–H and O–H groups in total. The van der Waals surface area contributed by atoms with Crippen molar-refractivity contribution in [3.63, 3.8) is 0 Å². The number of aromatic nitrogens is 1. The molecular weight excluding hydrogens is 837 g/mol. The van der Waals surface area contributed by atoms with Crippen LogP contribution >= 0.6 is 0 Å². The van der Waals surface area contributed by atoms with Gasteiger partial charge in [-0.3, -0.25) is 0 Å². The van der Waals surface area contributed by atoms with E-state index in [0.717, 1.165) is 78.1 Å². The molecule has 0 fully saturated rings. The molecular formula is C66H42N2O. The van der Waals surface area contributed by atoms with Crippen LogP contribution in [0.25, 0.3) is 115 Å². The highest BCUT2D eigenvalue weighted by Crippen LogP contribution is 2.46. The minimum atomic E-state index is 0.886. The molecule has 0 aliphatic heterocycles. The van der Waals surface area contributed by atoms with Crippen molar-refractivity contribution in [1.29, 1.82) is 0 Å². The molecule has 2 aromatic heterocycles. The molecule has 0 bridgehead atoms. The zero-order chi connectivity index (χ0) is 45.4. The van der Waals surface area contributed by atoms with Gasteiger partial charge in [-0.25, -0.2) is 0 Å². The molecule has 0 saturated heterocycles. The lowest BCUT2D eigenvalue weighted by Gasteiger charge is -2.28. The van der Waals surface area contributed by atoms with Crippen LogP contribution in [-0.4, -0.2) is 4.57 Å². The van der Waals surface area contributed by atoms with Crippen LogP contribution < -0.4 is 4.90 Å². The van der Waals surface area contributed by atoms with E-state index in [1.165, 1.54) is 54.1 Å². The highest BCUT2D eigenvalue weighted by molar-refractivity contribution is 6.19. The molecule has 0 radical (unpaired) electrons. The lowest BCUT2D eigenvalue weighted by atomic mass is 9.97. The first-order chi connectivity index (χ1) is 34.2. The summed E-state index contributed by atoms with van der Waals surface area (Å²) < 4.78 is 9.38. The normalized spacial score (nSPS) is 11.8. The fourth-order valence-electron chi connectivity index (χ4n) is 11.0. The largest absolute Gasteiger partial charge is 0.455 e. The number of fused-ring (bicyclic) bond motifs is 11. The van der Waals surface area contributed by atoms with Crippen LogP contribution in [0, 0.1) is 0 Å². The van der Waals surface area contributed by atoms with Crippen molar-refractivity contribution in [2.45, 2.75) is 0 Å². The smallest absolute Gasteiger partial charge is 0.143 e. The van der Waals surface area contributed by atoms with E-state index in [9.17, 15) is 0 Å². The van der Waals surface area contributed by atoms with Crippen molar-refractivity contribution >= 4 is 93.1 Å². The van der Waals surface area contributed by atoms with Gasteiger partial charge >= 0.3 is 0 Å². The summed E-state index contributed by atoms with van der Waals surface area (Å²) in [6.07, 6.45) is 0. The molecule has 12 aromatic carbocycles. The number of para-hydroxylation sites is 3. The molecule has 0 spiro atoms. The molecule has 14 aromatic rings. The molecule has 0 aliphatic rings. The molecule has 0 unspecified atom stereocenters. The Morgan fingerprint density at radius 2 is 0.884 bits per heavy atom. The van der Waals surface area contributed by atoms with E-state index < -0.39 is 0 Å². The van der Waals surface area contributed by atoms with Gasteiger partial charge in [0.25, 0.3) is 0 Å². The molecule has 14 rings (SSSR count). The first-order valence-corrected chi connectivity index (χ1v) is 23.7. The maximum atomic E-state index is 6.93. The molecule has 0 atom stereocenters. The van der Waals surface area contributed by atoms with Crippen LogP contribution in [-0.2, 0) is 0 Å². The topological polar surface area (TPSA) is 21.3 Å². The maximum Gasteiger partial charge on any atom is 0.143 e. The number of furan rings is 1. The zero-order valence-electron chi connectivity index (χ0n) is 37.6. The first kappa shape index (κ1) is 39.0. The van der Waals surface area contributed by atoms with E-state index in [4.69, 9.17) is 4.42 Å². The number of hydrogen-bond donors (Lipinski definition) is 0. The van der Waals surface area contributed by atoms with Gasteiger partial charge in [0.05, 0.1) is 16.7 Å². The van der Waals surface area contributed by atoms with Gasteiger partial charge in [0.15, 0.2) is 0 Å². The molecule has 3 heteroatoms. The molecule has 69 heavy (non-hydrogen) atoms. The Morgan fingerprint density at radius 3 is 1.65 bits per heavy atom. The number of anilines is 3. The monoisotopic (exact) mass is 878 g/mol. The Bertz CT molecular complexity index is 4300. The van der Waals surface area contributed by atoms with E-state index in [2.05, 4.69) is 264 Å². The van der Waals surface area contributed by atoms with Gasteiger partial charge in [0.2, 0.25) is 0 Å². The van der Waals surface area contributed by atoms with E-state index in [1.807, 2.05) is 0 Å². The van der Waals surface area contributed by atoms with E-state index in [0.29, 0.717) is 0 Å². The summed E-state index contributed by atoms with van der Waals surface area (Å²) in [7, 11) is 0. The lowest BCUT2D eigenvalue weighted by Crippen LogP contribution is -2.10. The van der Waals surface area contributed by atoms with Crippen molar-refractivity contribution in [1.82, 2.24) is 4.57 Å². The number of hydrogen-bond acceptors (Lipinski definition) is 2. The van der Waals surface area contributed by atoms with Gasteiger partial charge < -0.3 is 13.9 Å². The second-order valence-corrected chi connectivity index (χ2v) is 18.0. The van der Waals surface area contributed by atoms with Crippen molar-refractivity contribution in [2.24, 2.45) is 0 Å². The summed E-state index contributed by atoms with van der Waals surface area (Å²) in [5, 5.41) is 12.0. The first-order valence-electron chi connectivity index (χ1n) is 23.7. The molecule has 0 amide bonds. The maximum absolute atomic E-state index is 6.93. The summed E-state index contributed by atoms with van der Waals surface area (Å²) >= 11 is 0. The fraction of sp³-hybridized carbons (Fsp3) is 0. The van der Waals surface area contributed by atoms with Crippen LogP contribution in [0.2, 0.25) is 0 Å². The van der Waals surface area contributed by atoms with E-state index >= 15 is 0 Å². The third-order valence-corrected chi connectivity index (χ3v) is 14.1. The lowest BCUT2D eigenvalue weighted by molar-refractivity contribution is 0.671. The number of rotatable bonds is 7. The Hall–Kier alpha value is -9.18. The average molecular weight is 879 g/mol. The Labute approximate surface area is 399 Å². The summed E-state index contributed by atoms with van der Waals surface area (Å²) in [6, 6.07) is 92.4. The minimum Gasteiger partial charge on any atom is -0.455 e. The average Bonchev–Trinajstić information content (AvgIpc) is 3.98. The van der Waals surface area contributed by atoms with Gasteiger partial charge in [-0.2, -0.15) is 0 Å². The van der Waals surface area contributed by atoms with Crippen LogP contribution in [0.15, 0.2) is 259 Å². The van der Waals surface area contributed by atoms with Crippen molar-refractivity contribution in [2.75, 3.05) is 4.90 Å². The highest BCUT2D eigenvalue weighted by Gasteiger charge is 2.21. The van der Waals surface area contributed by atoms with Gasteiger partial charge in [-0.05, 0) is 92.3 Å².